The van der Waals surface area contributed by atoms with Crippen molar-refractivity contribution in [3.63, 3.8) is 0 Å². The largest absolute Gasteiger partial charge is 0.353 e. The Balaban J connectivity index is 2.49. The molecule has 1 fully saturated rings. The van der Waals surface area contributed by atoms with Crippen LogP contribution in [0.3, 0.4) is 0 Å². The molecule has 136 valence electrons. The molecule has 1 saturated heterocycles. The molecule has 23 heavy (non-hydrogen) atoms. The molecule has 1 amide bonds. The van der Waals surface area contributed by atoms with Crippen molar-refractivity contribution in [2.45, 2.75) is 52.1 Å². The maximum Gasteiger partial charge on any atom is 0.237 e. The van der Waals surface area contributed by atoms with Gasteiger partial charge in [-0.3, -0.25) is 9.69 Å². The molecule has 1 rings (SSSR count). The molecule has 0 aromatic heterocycles. The minimum atomic E-state index is -3.09. The lowest BCUT2D eigenvalue weighted by molar-refractivity contribution is -0.123. The molecule has 1 aliphatic rings. The summed E-state index contributed by atoms with van der Waals surface area (Å²) in [6, 6.07) is -0.778. The van der Waals surface area contributed by atoms with Gasteiger partial charge in [-0.15, -0.1) is 0 Å². The van der Waals surface area contributed by atoms with Crippen molar-refractivity contribution in [2.75, 3.05) is 31.6 Å². The van der Waals surface area contributed by atoms with Gasteiger partial charge in [0.15, 0.2) is 0 Å². The van der Waals surface area contributed by atoms with Crippen LogP contribution in [0.25, 0.3) is 0 Å². The van der Waals surface area contributed by atoms with Crippen LogP contribution in [0.2, 0.25) is 0 Å². The molecular formula is C16H33N3O3S. The van der Waals surface area contributed by atoms with Crippen molar-refractivity contribution < 1.29 is 13.2 Å². The van der Waals surface area contributed by atoms with Gasteiger partial charge in [-0.2, -0.15) is 0 Å². The third kappa shape index (κ3) is 7.18. The van der Waals surface area contributed by atoms with Gasteiger partial charge in [0.2, 0.25) is 5.91 Å². The predicted molar refractivity (Wildman–Crippen MR) is 93.9 cm³/mol. The highest BCUT2D eigenvalue weighted by molar-refractivity contribution is 7.90. The van der Waals surface area contributed by atoms with E-state index < -0.39 is 15.9 Å². The Morgan fingerprint density at radius 2 is 1.83 bits per heavy atom. The number of carbonyl (C=O) groups is 1. The minimum Gasteiger partial charge on any atom is -0.353 e. The summed E-state index contributed by atoms with van der Waals surface area (Å²) in [5, 5.41) is 2.89. The Labute approximate surface area is 141 Å². The van der Waals surface area contributed by atoms with Crippen LogP contribution in [-0.4, -0.2) is 62.4 Å². The van der Waals surface area contributed by atoms with Gasteiger partial charge in [-0.25, -0.2) is 8.42 Å². The lowest BCUT2D eigenvalue weighted by Gasteiger charge is -2.45. The molecule has 1 heterocycles. The lowest BCUT2D eigenvalue weighted by atomic mass is 9.88. The molecule has 0 aromatic carbocycles. The van der Waals surface area contributed by atoms with Crippen LogP contribution in [-0.2, 0) is 14.6 Å². The molecule has 0 saturated carbocycles. The highest BCUT2D eigenvalue weighted by Crippen LogP contribution is 2.26. The number of hydrogen-bond acceptors (Lipinski definition) is 5. The maximum absolute atomic E-state index is 12.1. The molecule has 0 aliphatic carbocycles. The van der Waals surface area contributed by atoms with Gasteiger partial charge in [-0.1, -0.05) is 13.8 Å². The number of nitrogens with two attached hydrogens (primary N) is 1. The number of sulfone groups is 1. The van der Waals surface area contributed by atoms with Gasteiger partial charge < -0.3 is 11.1 Å². The topological polar surface area (TPSA) is 92.5 Å². The zero-order chi connectivity index (χ0) is 17.8. The first-order valence-corrected chi connectivity index (χ1v) is 10.4. The van der Waals surface area contributed by atoms with Crippen LogP contribution >= 0.6 is 0 Å². The van der Waals surface area contributed by atoms with Crippen molar-refractivity contribution in [1.29, 1.82) is 0 Å². The molecule has 7 heteroatoms. The fourth-order valence-electron chi connectivity index (χ4n) is 3.18. The smallest absolute Gasteiger partial charge is 0.237 e. The van der Waals surface area contributed by atoms with E-state index >= 15 is 0 Å². The Morgan fingerprint density at radius 3 is 2.30 bits per heavy atom. The molecule has 3 N–H and O–H groups in total. The van der Waals surface area contributed by atoms with Gasteiger partial charge >= 0.3 is 0 Å². The van der Waals surface area contributed by atoms with Gasteiger partial charge in [0, 0.05) is 31.4 Å². The number of carbonyl (C=O) groups excluding carboxylic acids is 1. The molecule has 6 nitrogen and oxygen atoms in total. The van der Waals surface area contributed by atoms with Crippen molar-refractivity contribution in [1.82, 2.24) is 10.2 Å². The average molecular weight is 348 g/mol. The number of rotatable bonds is 7. The molecule has 1 aliphatic heterocycles. The monoisotopic (exact) mass is 347 g/mol. The van der Waals surface area contributed by atoms with E-state index in [9.17, 15) is 13.2 Å². The minimum absolute atomic E-state index is 0.0634. The van der Waals surface area contributed by atoms with Crippen molar-refractivity contribution >= 4 is 15.7 Å². The molecule has 0 aromatic rings. The zero-order valence-electron chi connectivity index (χ0n) is 15.1. The molecular weight excluding hydrogens is 314 g/mol. The molecule has 0 radical (unpaired) electrons. The number of hydrogen-bond donors (Lipinski definition) is 2. The second kappa shape index (κ2) is 7.94. The summed E-state index contributed by atoms with van der Waals surface area (Å²) in [6.45, 7) is 11.4. The first kappa shape index (κ1) is 20.4. The third-order valence-corrected chi connectivity index (χ3v) is 5.53. The SMILES string of the molecule is CC1CC(C)CN(C(C)(C)CNC(=O)C(N)CCS(C)(=O)=O)C1. The Bertz CT molecular complexity index is 495. The number of amides is 1. The Morgan fingerprint density at radius 1 is 1.30 bits per heavy atom. The number of piperidine rings is 1. The summed E-state index contributed by atoms with van der Waals surface area (Å²) in [5.41, 5.74) is 5.64. The summed E-state index contributed by atoms with van der Waals surface area (Å²) >= 11 is 0. The zero-order valence-corrected chi connectivity index (χ0v) is 15.9. The van der Waals surface area contributed by atoms with Crippen LogP contribution in [0.4, 0.5) is 0 Å². The van der Waals surface area contributed by atoms with E-state index in [0.29, 0.717) is 18.4 Å². The molecule has 0 spiro atoms. The highest BCUT2D eigenvalue weighted by Gasteiger charge is 2.33. The third-order valence-electron chi connectivity index (χ3n) is 4.56. The quantitative estimate of drug-likeness (QED) is 0.704. The summed E-state index contributed by atoms with van der Waals surface area (Å²) in [6.07, 6.45) is 2.55. The van der Waals surface area contributed by atoms with E-state index in [4.69, 9.17) is 5.73 Å². The Kier molecular flexibility index (Phi) is 7.04. The molecule has 3 atom stereocenters. The second-order valence-corrected chi connectivity index (χ2v) is 10.2. The van der Waals surface area contributed by atoms with E-state index in [0.717, 1.165) is 19.3 Å². The van der Waals surface area contributed by atoms with E-state index in [1.54, 1.807) is 0 Å². The fraction of sp³-hybridized carbons (Fsp3) is 0.938. The normalized spacial score (nSPS) is 25.1. The first-order chi connectivity index (χ1) is 10.4. The number of likely N-dealkylation sites (tertiary alicyclic amines) is 1. The van der Waals surface area contributed by atoms with Gasteiger partial charge in [0.25, 0.3) is 0 Å². The van der Waals surface area contributed by atoms with E-state index in [1.807, 2.05) is 0 Å². The van der Waals surface area contributed by atoms with Crippen LogP contribution in [0.15, 0.2) is 0 Å². The number of nitrogens with zero attached hydrogens (tertiary/aromatic N) is 1. The van der Waals surface area contributed by atoms with Gasteiger partial charge in [0.05, 0.1) is 11.8 Å². The van der Waals surface area contributed by atoms with E-state index in [-0.39, 0.29) is 23.6 Å². The van der Waals surface area contributed by atoms with Gasteiger partial charge in [-0.05, 0) is 38.5 Å². The standard InChI is InChI=1S/C16H33N3O3S/c1-12-8-13(2)10-19(9-12)16(3,4)11-18-15(20)14(17)6-7-23(5,21)22/h12-14H,6-11,17H2,1-5H3,(H,18,20). The lowest BCUT2D eigenvalue weighted by Crippen LogP contribution is -2.57. The average Bonchev–Trinajstić information content (AvgIpc) is 2.40. The summed E-state index contributed by atoms with van der Waals surface area (Å²) in [7, 11) is -3.09. The number of nitrogens with one attached hydrogen (secondary N) is 1. The van der Waals surface area contributed by atoms with Crippen LogP contribution in [0.5, 0.6) is 0 Å². The van der Waals surface area contributed by atoms with Crippen molar-refractivity contribution in [3.05, 3.63) is 0 Å². The fourth-order valence-corrected chi connectivity index (χ4v) is 3.86. The summed E-state index contributed by atoms with van der Waals surface area (Å²) < 4.78 is 22.3. The summed E-state index contributed by atoms with van der Waals surface area (Å²) in [4.78, 5) is 14.5. The first-order valence-electron chi connectivity index (χ1n) is 8.37. The van der Waals surface area contributed by atoms with Crippen LogP contribution in [0, 0.1) is 11.8 Å². The van der Waals surface area contributed by atoms with Crippen molar-refractivity contribution in [2.24, 2.45) is 17.6 Å². The van der Waals surface area contributed by atoms with Crippen LogP contribution in [0.1, 0.15) is 40.5 Å². The highest BCUT2D eigenvalue weighted by atomic mass is 32.2. The predicted octanol–water partition coefficient (Wildman–Crippen LogP) is 0.621. The van der Waals surface area contributed by atoms with E-state index in [2.05, 4.69) is 37.9 Å². The Hall–Kier alpha value is -0.660. The van der Waals surface area contributed by atoms with E-state index in [1.165, 1.54) is 6.42 Å². The summed E-state index contributed by atoms with van der Waals surface area (Å²) in [5.74, 6) is 0.975. The second-order valence-electron chi connectivity index (χ2n) is 7.91. The molecule has 0 bridgehead atoms. The van der Waals surface area contributed by atoms with Crippen molar-refractivity contribution in [3.8, 4) is 0 Å². The molecule has 3 unspecified atom stereocenters. The van der Waals surface area contributed by atoms with Crippen LogP contribution < -0.4 is 11.1 Å². The van der Waals surface area contributed by atoms with Gasteiger partial charge in [0.1, 0.15) is 9.84 Å². The maximum atomic E-state index is 12.1.